The molecule has 2 rings (SSSR count). The van der Waals surface area contributed by atoms with Crippen molar-refractivity contribution in [1.82, 2.24) is 0 Å². The minimum absolute atomic E-state index is 0.297. The van der Waals surface area contributed by atoms with Gasteiger partial charge >= 0.3 is 5.97 Å². The summed E-state index contributed by atoms with van der Waals surface area (Å²) in [6.07, 6.45) is 0.297. The van der Waals surface area contributed by atoms with Crippen LogP contribution in [-0.2, 0) is 11.2 Å². The average Bonchev–Trinajstić information content (AvgIpc) is 2.41. The largest absolute Gasteiger partial charge is 0.480 e. The smallest absolute Gasteiger partial charge is 0.320 e. The lowest BCUT2D eigenvalue weighted by molar-refractivity contribution is -0.138. The molecule has 122 valence electrons. The number of benzene rings is 2. The van der Waals surface area contributed by atoms with E-state index in [1.165, 1.54) is 0 Å². The van der Waals surface area contributed by atoms with Crippen molar-refractivity contribution in [2.45, 2.75) is 26.3 Å². The van der Waals surface area contributed by atoms with Crippen LogP contribution < -0.4 is 10.5 Å². The third kappa shape index (κ3) is 5.05. The Morgan fingerprint density at radius 1 is 1.13 bits per heavy atom. The molecule has 0 spiro atoms. The third-order valence-corrected chi connectivity index (χ3v) is 4.85. The van der Waals surface area contributed by atoms with Gasteiger partial charge in [-0.2, -0.15) is 0 Å². The molecule has 0 heterocycles. The van der Waals surface area contributed by atoms with Gasteiger partial charge in [0.15, 0.2) is 5.75 Å². The lowest BCUT2D eigenvalue weighted by atomic mass is 10.1. The SMILES string of the molecule is Cc1cc(C)cc(Oc2c(I)cc(C[C@H](N)C(=O)O)cc2I)c1. The van der Waals surface area contributed by atoms with Gasteiger partial charge in [0.05, 0.1) is 7.14 Å². The molecule has 1 atom stereocenters. The second kappa shape index (κ2) is 7.80. The van der Waals surface area contributed by atoms with Crippen molar-refractivity contribution in [2.75, 3.05) is 0 Å². The molecular weight excluding hydrogens is 520 g/mol. The first-order valence-corrected chi connectivity index (χ1v) is 9.14. The molecule has 0 radical (unpaired) electrons. The molecule has 0 unspecified atom stereocenters. The first kappa shape index (κ1) is 18.5. The van der Waals surface area contributed by atoms with Gasteiger partial charge in [-0.1, -0.05) is 6.07 Å². The Morgan fingerprint density at radius 3 is 2.13 bits per heavy atom. The monoisotopic (exact) mass is 537 g/mol. The summed E-state index contributed by atoms with van der Waals surface area (Å²) in [4.78, 5) is 10.9. The fraction of sp³-hybridized carbons (Fsp3) is 0.235. The summed E-state index contributed by atoms with van der Waals surface area (Å²) >= 11 is 4.40. The summed E-state index contributed by atoms with van der Waals surface area (Å²) in [6, 6.07) is 9.03. The van der Waals surface area contributed by atoms with E-state index < -0.39 is 12.0 Å². The van der Waals surface area contributed by atoms with Gasteiger partial charge in [-0.15, -0.1) is 0 Å². The van der Waals surface area contributed by atoms with Crippen LogP contribution in [0.2, 0.25) is 0 Å². The topological polar surface area (TPSA) is 72.5 Å². The Bertz CT molecular complexity index is 703. The quantitative estimate of drug-likeness (QED) is 0.560. The summed E-state index contributed by atoms with van der Waals surface area (Å²) in [6.45, 7) is 4.07. The summed E-state index contributed by atoms with van der Waals surface area (Å²) < 4.78 is 7.91. The third-order valence-electron chi connectivity index (χ3n) is 3.25. The highest BCUT2D eigenvalue weighted by atomic mass is 127. The van der Waals surface area contributed by atoms with E-state index in [1.807, 2.05) is 38.1 Å². The zero-order chi connectivity index (χ0) is 17.1. The van der Waals surface area contributed by atoms with Crippen LogP contribution >= 0.6 is 45.2 Å². The van der Waals surface area contributed by atoms with Crippen LogP contribution in [0.25, 0.3) is 0 Å². The molecule has 0 aliphatic heterocycles. The van der Waals surface area contributed by atoms with E-state index in [4.69, 9.17) is 15.6 Å². The van der Waals surface area contributed by atoms with Gasteiger partial charge in [0, 0.05) is 0 Å². The molecule has 0 fully saturated rings. The number of carbonyl (C=O) groups is 1. The van der Waals surface area contributed by atoms with Gasteiger partial charge in [0.1, 0.15) is 11.8 Å². The van der Waals surface area contributed by atoms with E-state index in [0.29, 0.717) is 6.42 Å². The highest BCUT2D eigenvalue weighted by Gasteiger charge is 2.16. The predicted molar refractivity (Wildman–Crippen MR) is 107 cm³/mol. The zero-order valence-corrected chi connectivity index (χ0v) is 17.1. The molecule has 2 aromatic rings. The summed E-state index contributed by atoms with van der Waals surface area (Å²) in [5.74, 6) is 0.586. The molecule has 23 heavy (non-hydrogen) atoms. The number of aliphatic carboxylic acids is 1. The van der Waals surface area contributed by atoms with E-state index in [2.05, 4.69) is 51.2 Å². The Labute approximate surface area is 162 Å². The van der Waals surface area contributed by atoms with Crippen LogP contribution in [0.15, 0.2) is 30.3 Å². The maximum atomic E-state index is 10.9. The summed E-state index contributed by atoms with van der Waals surface area (Å²) in [5.41, 5.74) is 8.79. The normalized spacial score (nSPS) is 12.0. The number of aryl methyl sites for hydroxylation is 2. The number of hydrogen-bond donors (Lipinski definition) is 2. The molecule has 0 amide bonds. The second-order valence-electron chi connectivity index (χ2n) is 5.46. The molecule has 0 saturated carbocycles. The standard InChI is InChI=1S/C17H17I2NO3/c1-9-3-10(2)5-12(4-9)23-16-13(18)6-11(7-14(16)19)8-15(20)17(21)22/h3-7,15H,8,20H2,1-2H3,(H,21,22)/t15-/m0/s1. The van der Waals surface area contributed by atoms with E-state index in [9.17, 15) is 4.79 Å². The van der Waals surface area contributed by atoms with E-state index in [0.717, 1.165) is 35.3 Å². The van der Waals surface area contributed by atoms with Crippen molar-refractivity contribution >= 4 is 51.2 Å². The van der Waals surface area contributed by atoms with E-state index >= 15 is 0 Å². The Hall–Kier alpha value is -0.870. The van der Waals surface area contributed by atoms with Gasteiger partial charge in [-0.3, -0.25) is 4.79 Å². The van der Waals surface area contributed by atoms with Gasteiger partial charge in [-0.25, -0.2) is 0 Å². The number of nitrogens with two attached hydrogens (primary N) is 1. The second-order valence-corrected chi connectivity index (χ2v) is 7.79. The van der Waals surface area contributed by atoms with Crippen molar-refractivity contribution < 1.29 is 14.6 Å². The number of hydrogen-bond acceptors (Lipinski definition) is 3. The maximum Gasteiger partial charge on any atom is 0.320 e. The van der Waals surface area contributed by atoms with Crippen LogP contribution in [-0.4, -0.2) is 17.1 Å². The molecule has 3 N–H and O–H groups in total. The fourth-order valence-corrected chi connectivity index (χ4v) is 4.40. The molecule has 0 bridgehead atoms. The first-order chi connectivity index (χ1) is 10.8. The molecule has 2 aromatic carbocycles. The highest BCUT2D eigenvalue weighted by molar-refractivity contribution is 14.1. The van der Waals surface area contributed by atoms with Crippen LogP contribution in [0.3, 0.4) is 0 Å². The predicted octanol–water partition coefficient (Wildman–Crippen LogP) is 4.26. The fourth-order valence-electron chi connectivity index (χ4n) is 2.28. The summed E-state index contributed by atoms with van der Waals surface area (Å²) in [7, 11) is 0. The van der Waals surface area contributed by atoms with Gasteiger partial charge in [-0.05, 0) is 106 Å². The van der Waals surface area contributed by atoms with Crippen molar-refractivity contribution in [2.24, 2.45) is 5.73 Å². The number of carboxylic acids is 1. The first-order valence-electron chi connectivity index (χ1n) is 6.98. The minimum atomic E-state index is -0.995. The van der Waals surface area contributed by atoms with Crippen LogP contribution in [0.1, 0.15) is 16.7 Å². The zero-order valence-electron chi connectivity index (χ0n) is 12.8. The van der Waals surface area contributed by atoms with Gasteiger partial charge in [0.2, 0.25) is 0 Å². The average molecular weight is 537 g/mol. The Kier molecular flexibility index (Phi) is 6.26. The van der Waals surface area contributed by atoms with Crippen molar-refractivity contribution in [3.63, 3.8) is 0 Å². The van der Waals surface area contributed by atoms with E-state index in [-0.39, 0.29) is 0 Å². The molecule has 4 nitrogen and oxygen atoms in total. The molecular formula is C17H17I2NO3. The van der Waals surface area contributed by atoms with Gasteiger partial charge < -0.3 is 15.6 Å². The van der Waals surface area contributed by atoms with Crippen molar-refractivity contribution in [1.29, 1.82) is 0 Å². The molecule has 0 aromatic heterocycles. The lowest BCUT2D eigenvalue weighted by Crippen LogP contribution is -2.32. The number of rotatable bonds is 5. The lowest BCUT2D eigenvalue weighted by Gasteiger charge is -2.14. The molecule has 0 aliphatic rings. The van der Waals surface area contributed by atoms with Crippen LogP contribution in [0.5, 0.6) is 11.5 Å². The minimum Gasteiger partial charge on any atom is -0.480 e. The van der Waals surface area contributed by atoms with Crippen LogP contribution in [0.4, 0.5) is 0 Å². The summed E-state index contributed by atoms with van der Waals surface area (Å²) in [5, 5.41) is 8.93. The van der Waals surface area contributed by atoms with Crippen molar-refractivity contribution in [3.05, 3.63) is 54.2 Å². The maximum absolute atomic E-state index is 10.9. The van der Waals surface area contributed by atoms with Crippen LogP contribution in [0, 0.1) is 21.0 Å². The van der Waals surface area contributed by atoms with E-state index in [1.54, 1.807) is 0 Å². The number of carboxylic acid groups (broad SMARTS) is 1. The molecule has 0 aliphatic carbocycles. The highest BCUT2D eigenvalue weighted by Crippen LogP contribution is 2.33. The Morgan fingerprint density at radius 2 is 1.65 bits per heavy atom. The van der Waals surface area contributed by atoms with Gasteiger partial charge in [0.25, 0.3) is 0 Å². The molecule has 0 saturated heterocycles. The molecule has 6 heteroatoms. The van der Waals surface area contributed by atoms with Crippen molar-refractivity contribution in [3.8, 4) is 11.5 Å². The number of halogens is 2. The Balaban J connectivity index is 2.28. The number of ether oxygens (including phenoxy) is 1.